The molecule has 0 aliphatic heterocycles. The van der Waals surface area contributed by atoms with E-state index in [4.69, 9.17) is 27.8 Å². The molecular weight excluding hydrogens is 318 g/mol. The third-order valence-electron chi connectivity index (χ3n) is 4.73. The fourth-order valence-electron chi connectivity index (χ4n) is 2.86. The smallest absolute Gasteiger partial charge is 0.250 e. The summed E-state index contributed by atoms with van der Waals surface area (Å²) in [6.07, 6.45) is 0.399. The zero-order chi connectivity index (χ0) is 17.4. The van der Waals surface area contributed by atoms with E-state index in [1.54, 1.807) is 6.07 Å². The van der Waals surface area contributed by atoms with E-state index in [1.165, 1.54) is 12.1 Å². The minimum Gasteiger partial charge on any atom is -0.378 e. The van der Waals surface area contributed by atoms with Gasteiger partial charge in [-0.2, -0.15) is 0 Å². The van der Waals surface area contributed by atoms with Gasteiger partial charge in [-0.15, -0.1) is 0 Å². The SMILES string of the molecule is CCOC1CC(N)(C(=O)Nc2ccc(C(N)=O)c(Cl)c2)C1(C)C. The zero-order valence-electron chi connectivity index (χ0n) is 13.5. The van der Waals surface area contributed by atoms with Crippen molar-refractivity contribution in [3.8, 4) is 0 Å². The zero-order valence-corrected chi connectivity index (χ0v) is 14.2. The second-order valence-electron chi connectivity index (χ2n) is 6.35. The van der Waals surface area contributed by atoms with Crippen LogP contribution in [0.3, 0.4) is 0 Å². The van der Waals surface area contributed by atoms with E-state index in [0.717, 1.165) is 0 Å². The fourth-order valence-corrected chi connectivity index (χ4v) is 3.13. The molecule has 1 aromatic carbocycles. The minimum atomic E-state index is -1.03. The molecule has 7 heteroatoms. The van der Waals surface area contributed by atoms with Crippen molar-refractivity contribution in [2.24, 2.45) is 16.9 Å². The largest absolute Gasteiger partial charge is 0.378 e. The number of ether oxygens (including phenoxy) is 1. The van der Waals surface area contributed by atoms with Crippen molar-refractivity contribution in [1.82, 2.24) is 0 Å². The molecule has 0 spiro atoms. The van der Waals surface area contributed by atoms with Crippen LogP contribution in [0.15, 0.2) is 18.2 Å². The maximum atomic E-state index is 12.6. The lowest BCUT2D eigenvalue weighted by molar-refractivity contribution is -0.166. The number of nitrogens with one attached hydrogen (secondary N) is 1. The number of hydrogen-bond acceptors (Lipinski definition) is 4. The summed E-state index contributed by atoms with van der Waals surface area (Å²) in [7, 11) is 0. The Balaban J connectivity index is 2.14. The Morgan fingerprint density at radius 2 is 2.09 bits per heavy atom. The van der Waals surface area contributed by atoms with Gasteiger partial charge in [0.05, 0.1) is 16.7 Å². The molecule has 0 aromatic heterocycles. The number of nitrogens with two attached hydrogens (primary N) is 2. The van der Waals surface area contributed by atoms with E-state index in [1.807, 2.05) is 20.8 Å². The quantitative estimate of drug-likeness (QED) is 0.761. The van der Waals surface area contributed by atoms with Gasteiger partial charge in [-0.05, 0) is 25.1 Å². The van der Waals surface area contributed by atoms with Gasteiger partial charge >= 0.3 is 0 Å². The van der Waals surface area contributed by atoms with Crippen molar-refractivity contribution >= 4 is 29.1 Å². The average molecular weight is 340 g/mol. The Hall–Kier alpha value is -1.63. The van der Waals surface area contributed by atoms with Crippen LogP contribution in [0.25, 0.3) is 0 Å². The highest BCUT2D eigenvalue weighted by atomic mass is 35.5. The number of hydrogen-bond donors (Lipinski definition) is 3. The first-order chi connectivity index (χ1) is 10.6. The summed E-state index contributed by atoms with van der Waals surface area (Å²) in [6, 6.07) is 4.52. The van der Waals surface area contributed by atoms with Gasteiger partial charge in [0.25, 0.3) is 0 Å². The molecular formula is C16H22ClN3O3. The van der Waals surface area contributed by atoms with Crippen LogP contribution in [0.2, 0.25) is 5.02 Å². The van der Waals surface area contributed by atoms with Gasteiger partial charge in [0.15, 0.2) is 0 Å². The maximum Gasteiger partial charge on any atom is 0.250 e. The van der Waals surface area contributed by atoms with Gasteiger partial charge in [-0.25, -0.2) is 0 Å². The van der Waals surface area contributed by atoms with E-state index < -0.39 is 16.9 Å². The van der Waals surface area contributed by atoms with E-state index >= 15 is 0 Å². The molecule has 2 unspecified atom stereocenters. The van der Waals surface area contributed by atoms with Crippen molar-refractivity contribution in [1.29, 1.82) is 0 Å². The number of carbonyl (C=O) groups excluding carboxylic acids is 2. The van der Waals surface area contributed by atoms with Gasteiger partial charge in [-0.3, -0.25) is 9.59 Å². The highest BCUT2D eigenvalue weighted by Crippen LogP contribution is 2.50. The molecule has 2 rings (SSSR count). The molecule has 0 heterocycles. The average Bonchev–Trinajstić information content (AvgIpc) is 2.46. The highest BCUT2D eigenvalue weighted by Gasteiger charge is 2.62. The van der Waals surface area contributed by atoms with Gasteiger partial charge < -0.3 is 21.5 Å². The van der Waals surface area contributed by atoms with Crippen LogP contribution in [-0.2, 0) is 9.53 Å². The Kier molecular flexibility index (Phi) is 4.71. The molecule has 1 fully saturated rings. The van der Waals surface area contributed by atoms with E-state index in [-0.39, 0.29) is 22.6 Å². The van der Waals surface area contributed by atoms with Crippen LogP contribution in [0.1, 0.15) is 37.6 Å². The molecule has 23 heavy (non-hydrogen) atoms. The Labute approximate surface area is 140 Å². The van der Waals surface area contributed by atoms with Crippen LogP contribution < -0.4 is 16.8 Å². The fraction of sp³-hybridized carbons (Fsp3) is 0.500. The lowest BCUT2D eigenvalue weighted by Crippen LogP contribution is -2.74. The number of anilines is 1. The normalized spacial score (nSPS) is 25.5. The first-order valence-corrected chi connectivity index (χ1v) is 7.82. The Bertz CT molecular complexity index is 647. The molecule has 1 aromatic rings. The predicted octanol–water partition coefficient (Wildman–Crippen LogP) is 1.91. The summed E-state index contributed by atoms with van der Waals surface area (Å²) in [5, 5.41) is 2.94. The molecule has 6 nitrogen and oxygen atoms in total. The van der Waals surface area contributed by atoms with E-state index in [2.05, 4.69) is 5.32 Å². The molecule has 1 aliphatic rings. The topological polar surface area (TPSA) is 107 Å². The van der Waals surface area contributed by atoms with Crippen LogP contribution >= 0.6 is 11.6 Å². The number of benzene rings is 1. The number of rotatable bonds is 5. The van der Waals surface area contributed by atoms with Crippen LogP contribution in [0, 0.1) is 5.41 Å². The first kappa shape index (κ1) is 17.7. The van der Waals surface area contributed by atoms with Gasteiger partial charge in [-0.1, -0.05) is 25.4 Å². The maximum absolute atomic E-state index is 12.6. The first-order valence-electron chi connectivity index (χ1n) is 7.44. The van der Waals surface area contributed by atoms with Crippen LogP contribution in [-0.4, -0.2) is 30.1 Å². The Morgan fingerprint density at radius 3 is 2.57 bits per heavy atom. The Morgan fingerprint density at radius 1 is 1.43 bits per heavy atom. The van der Waals surface area contributed by atoms with E-state index in [0.29, 0.717) is 18.7 Å². The summed E-state index contributed by atoms with van der Waals surface area (Å²) < 4.78 is 5.62. The van der Waals surface area contributed by atoms with Gasteiger partial charge in [0, 0.05) is 24.1 Å². The summed E-state index contributed by atoms with van der Waals surface area (Å²) >= 11 is 5.99. The lowest BCUT2D eigenvalue weighted by Gasteiger charge is -2.57. The van der Waals surface area contributed by atoms with E-state index in [9.17, 15) is 9.59 Å². The highest BCUT2D eigenvalue weighted by molar-refractivity contribution is 6.34. The van der Waals surface area contributed by atoms with Crippen molar-refractivity contribution in [2.45, 2.75) is 38.8 Å². The molecule has 5 N–H and O–H groups in total. The predicted molar refractivity (Wildman–Crippen MR) is 89.3 cm³/mol. The van der Waals surface area contributed by atoms with Gasteiger partial charge in [0.1, 0.15) is 5.54 Å². The standard InChI is InChI=1S/C16H22ClN3O3/c1-4-23-12-8-16(19,15(12,2)3)14(22)20-9-5-6-10(13(18)21)11(17)7-9/h5-7,12H,4,8,19H2,1-3H3,(H2,18,21)(H,20,22). The second kappa shape index (κ2) is 6.11. The number of halogens is 1. The summed E-state index contributed by atoms with van der Waals surface area (Å²) in [5.74, 6) is -0.927. The molecule has 1 aliphatic carbocycles. The molecule has 0 radical (unpaired) electrons. The monoisotopic (exact) mass is 339 g/mol. The van der Waals surface area contributed by atoms with Crippen molar-refractivity contribution < 1.29 is 14.3 Å². The molecule has 1 saturated carbocycles. The number of primary amides is 1. The van der Waals surface area contributed by atoms with Gasteiger partial charge in [0.2, 0.25) is 11.8 Å². The number of amides is 2. The molecule has 2 amide bonds. The molecule has 0 bridgehead atoms. The second-order valence-corrected chi connectivity index (χ2v) is 6.76. The molecule has 2 atom stereocenters. The molecule has 126 valence electrons. The van der Waals surface area contributed by atoms with Crippen molar-refractivity contribution in [3.05, 3.63) is 28.8 Å². The third kappa shape index (κ3) is 2.94. The third-order valence-corrected chi connectivity index (χ3v) is 5.04. The minimum absolute atomic E-state index is 0.0518. The lowest BCUT2D eigenvalue weighted by atomic mass is 9.54. The van der Waals surface area contributed by atoms with Crippen LogP contribution in [0.4, 0.5) is 5.69 Å². The number of carbonyl (C=O) groups is 2. The summed E-state index contributed by atoms with van der Waals surface area (Å²) in [4.78, 5) is 23.8. The van der Waals surface area contributed by atoms with Crippen molar-refractivity contribution in [3.63, 3.8) is 0 Å². The summed E-state index contributed by atoms with van der Waals surface area (Å²) in [5.41, 5.74) is 10.7. The molecule has 0 saturated heterocycles. The van der Waals surface area contributed by atoms with Crippen molar-refractivity contribution in [2.75, 3.05) is 11.9 Å². The van der Waals surface area contributed by atoms with Crippen LogP contribution in [0.5, 0.6) is 0 Å². The summed E-state index contributed by atoms with van der Waals surface area (Å²) in [6.45, 7) is 6.32.